The highest BCUT2D eigenvalue weighted by Crippen LogP contribution is 2.33. The molecule has 0 aliphatic carbocycles. The predicted molar refractivity (Wildman–Crippen MR) is 56.5 cm³/mol. The van der Waals surface area contributed by atoms with Gasteiger partial charge >= 0.3 is 0 Å². The maximum atomic E-state index is 11.6. The minimum Gasteiger partial charge on any atom is -0.378 e. The summed E-state index contributed by atoms with van der Waals surface area (Å²) in [6.45, 7) is 2.93. The third-order valence-electron chi connectivity index (χ3n) is 2.06. The number of thioether (sulfide) groups is 2. The van der Waals surface area contributed by atoms with Crippen LogP contribution in [0.3, 0.4) is 0 Å². The number of nitrogens with zero attached hydrogens (tertiary/aromatic N) is 1. The summed E-state index contributed by atoms with van der Waals surface area (Å²) in [6, 6.07) is 0. The molecule has 5 heteroatoms. The van der Waals surface area contributed by atoms with E-state index in [0.29, 0.717) is 13.2 Å². The van der Waals surface area contributed by atoms with Crippen LogP contribution in [0, 0.1) is 0 Å². The predicted octanol–water partition coefficient (Wildman–Crippen LogP) is 1.29. The first kappa shape index (κ1) is 9.68. The van der Waals surface area contributed by atoms with Crippen molar-refractivity contribution in [1.29, 1.82) is 0 Å². The van der Waals surface area contributed by atoms with Crippen LogP contribution >= 0.6 is 23.5 Å². The highest BCUT2D eigenvalue weighted by atomic mass is 32.2. The van der Waals surface area contributed by atoms with Gasteiger partial charge in [-0.2, -0.15) is 11.8 Å². The Morgan fingerprint density at radius 1 is 1.54 bits per heavy atom. The normalized spacial score (nSPS) is 27.4. The minimum absolute atomic E-state index is 0.232. The van der Waals surface area contributed by atoms with E-state index in [1.54, 1.807) is 0 Å². The van der Waals surface area contributed by atoms with Crippen molar-refractivity contribution in [3.05, 3.63) is 0 Å². The summed E-state index contributed by atoms with van der Waals surface area (Å²) in [6.07, 6.45) is 0. The molecule has 2 saturated heterocycles. The molecule has 3 nitrogen and oxygen atoms in total. The van der Waals surface area contributed by atoms with Gasteiger partial charge in [-0.05, 0) is 0 Å². The van der Waals surface area contributed by atoms with Gasteiger partial charge in [0.05, 0.1) is 13.2 Å². The first-order valence-corrected chi connectivity index (χ1v) is 6.51. The van der Waals surface area contributed by atoms with E-state index in [4.69, 9.17) is 4.74 Å². The summed E-state index contributed by atoms with van der Waals surface area (Å²) in [5, 5.41) is 0.978. The Bertz CT molecular complexity index is 191. The number of carbonyl (C=O) groups excluding carboxylic acids is 1. The van der Waals surface area contributed by atoms with Crippen molar-refractivity contribution in [1.82, 2.24) is 4.90 Å². The third-order valence-corrected chi connectivity index (χ3v) is 4.32. The van der Waals surface area contributed by atoms with E-state index in [1.165, 1.54) is 17.5 Å². The van der Waals surface area contributed by atoms with Crippen molar-refractivity contribution in [3.8, 4) is 0 Å². The molecule has 0 bridgehead atoms. The molecule has 0 spiro atoms. The number of carbonyl (C=O) groups is 1. The van der Waals surface area contributed by atoms with Crippen molar-refractivity contribution in [2.75, 3.05) is 37.8 Å². The molecule has 0 aromatic carbocycles. The van der Waals surface area contributed by atoms with Crippen molar-refractivity contribution in [2.45, 2.75) is 5.25 Å². The molecule has 2 fully saturated rings. The SMILES string of the molecule is O=C(SCC1CS1)N1CCOCC1. The maximum absolute atomic E-state index is 11.6. The van der Waals surface area contributed by atoms with Gasteiger partial charge in [-0.15, -0.1) is 0 Å². The number of rotatable bonds is 2. The van der Waals surface area contributed by atoms with Crippen LogP contribution in [0.2, 0.25) is 0 Å². The Hall–Kier alpha value is 0.130. The van der Waals surface area contributed by atoms with Crippen LogP contribution in [0.4, 0.5) is 4.79 Å². The largest absolute Gasteiger partial charge is 0.378 e. The minimum atomic E-state index is 0.232. The Morgan fingerprint density at radius 3 is 2.85 bits per heavy atom. The van der Waals surface area contributed by atoms with Gasteiger partial charge < -0.3 is 9.64 Å². The van der Waals surface area contributed by atoms with E-state index in [0.717, 1.165) is 24.1 Å². The monoisotopic (exact) mass is 219 g/mol. The van der Waals surface area contributed by atoms with E-state index in [2.05, 4.69) is 0 Å². The number of amides is 1. The van der Waals surface area contributed by atoms with Gasteiger partial charge in [0.1, 0.15) is 0 Å². The van der Waals surface area contributed by atoms with E-state index < -0.39 is 0 Å². The van der Waals surface area contributed by atoms with Crippen LogP contribution in [0.5, 0.6) is 0 Å². The van der Waals surface area contributed by atoms with Crippen molar-refractivity contribution < 1.29 is 9.53 Å². The molecule has 0 saturated carbocycles. The van der Waals surface area contributed by atoms with Gasteiger partial charge in [0.25, 0.3) is 5.24 Å². The maximum Gasteiger partial charge on any atom is 0.281 e. The van der Waals surface area contributed by atoms with Crippen LogP contribution in [-0.4, -0.2) is 53.2 Å². The summed E-state index contributed by atoms with van der Waals surface area (Å²) in [5.41, 5.74) is 0. The zero-order valence-electron chi connectivity index (χ0n) is 7.40. The van der Waals surface area contributed by atoms with Gasteiger partial charge in [0, 0.05) is 29.8 Å². The Labute approximate surface area is 86.6 Å². The Balaban J connectivity index is 1.67. The van der Waals surface area contributed by atoms with E-state index in [-0.39, 0.29) is 5.24 Å². The molecule has 2 heterocycles. The lowest BCUT2D eigenvalue weighted by Crippen LogP contribution is -2.38. The summed E-state index contributed by atoms with van der Waals surface area (Å²) >= 11 is 3.40. The molecule has 0 aromatic heterocycles. The molecular formula is C8H13NO2S2. The smallest absolute Gasteiger partial charge is 0.281 e. The van der Waals surface area contributed by atoms with Gasteiger partial charge in [0.15, 0.2) is 0 Å². The van der Waals surface area contributed by atoms with Crippen LogP contribution in [0.1, 0.15) is 0 Å². The van der Waals surface area contributed by atoms with Gasteiger partial charge in [-0.25, -0.2) is 0 Å². The topological polar surface area (TPSA) is 29.5 Å². The highest BCUT2D eigenvalue weighted by molar-refractivity contribution is 8.15. The molecule has 0 radical (unpaired) electrons. The first-order valence-electron chi connectivity index (χ1n) is 4.47. The highest BCUT2D eigenvalue weighted by Gasteiger charge is 2.25. The van der Waals surface area contributed by atoms with Gasteiger partial charge in [-0.3, -0.25) is 4.79 Å². The zero-order valence-corrected chi connectivity index (χ0v) is 9.03. The molecule has 2 aliphatic heterocycles. The fraction of sp³-hybridized carbons (Fsp3) is 0.875. The summed E-state index contributed by atoms with van der Waals surface area (Å²) < 4.78 is 5.18. The molecule has 74 valence electrons. The molecule has 13 heavy (non-hydrogen) atoms. The quantitative estimate of drug-likeness (QED) is 0.655. The summed E-state index contributed by atoms with van der Waals surface area (Å²) in [5.74, 6) is 2.23. The third kappa shape index (κ3) is 3.07. The molecular weight excluding hydrogens is 206 g/mol. The fourth-order valence-electron chi connectivity index (χ4n) is 1.17. The standard InChI is InChI=1S/C8H13NO2S2/c10-8(13-6-7-5-12-7)9-1-3-11-4-2-9/h7H,1-6H2. The van der Waals surface area contributed by atoms with E-state index >= 15 is 0 Å². The average molecular weight is 219 g/mol. The molecule has 0 N–H and O–H groups in total. The fourth-order valence-corrected chi connectivity index (χ4v) is 2.97. The van der Waals surface area contributed by atoms with Crippen LogP contribution in [0.15, 0.2) is 0 Å². The van der Waals surface area contributed by atoms with Crippen LogP contribution < -0.4 is 0 Å². The zero-order chi connectivity index (χ0) is 9.10. The number of hydrogen-bond donors (Lipinski definition) is 0. The van der Waals surface area contributed by atoms with E-state index in [9.17, 15) is 4.79 Å². The average Bonchev–Trinajstić information content (AvgIpc) is 2.99. The molecule has 1 unspecified atom stereocenters. The van der Waals surface area contributed by atoms with Crippen molar-refractivity contribution in [2.24, 2.45) is 0 Å². The molecule has 2 aliphatic rings. The van der Waals surface area contributed by atoms with Crippen molar-refractivity contribution in [3.63, 3.8) is 0 Å². The Kier molecular flexibility index (Phi) is 3.40. The second-order valence-electron chi connectivity index (χ2n) is 3.13. The van der Waals surface area contributed by atoms with E-state index in [1.807, 2.05) is 16.7 Å². The van der Waals surface area contributed by atoms with Crippen LogP contribution in [-0.2, 0) is 4.74 Å². The van der Waals surface area contributed by atoms with Gasteiger partial charge in [0.2, 0.25) is 0 Å². The molecule has 1 atom stereocenters. The number of morpholine rings is 1. The summed E-state index contributed by atoms with van der Waals surface area (Å²) in [4.78, 5) is 13.4. The summed E-state index contributed by atoms with van der Waals surface area (Å²) in [7, 11) is 0. The lowest BCUT2D eigenvalue weighted by Gasteiger charge is -2.26. The van der Waals surface area contributed by atoms with Crippen LogP contribution in [0.25, 0.3) is 0 Å². The van der Waals surface area contributed by atoms with Crippen molar-refractivity contribution >= 4 is 28.8 Å². The Morgan fingerprint density at radius 2 is 2.23 bits per heavy atom. The first-order chi connectivity index (χ1) is 6.36. The lowest BCUT2D eigenvalue weighted by atomic mass is 10.5. The number of ether oxygens (including phenoxy) is 1. The lowest BCUT2D eigenvalue weighted by molar-refractivity contribution is 0.0593. The second-order valence-corrected chi connectivity index (χ2v) is 5.44. The second kappa shape index (κ2) is 4.57. The molecule has 2 rings (SSSR count). The van der Waals surface area contributed by atoms with Gasteiger partial charge in [-0.1, -0.05) is 11.8 Å². The number of hydrogen-bond acceptors (Lipinski definition) is 4. The molecule has 0 aromatic rings. The molecule has 1 amide bonds.